The van der Waals surface area contributed by atoms with Crippen molar-refractivity contribution >= 4 is 15.9 Å². The quantitative estimate of drug-likeness (QED) is 0.548. The van der Waals surface area contributed by atoms with E-state index in [0.29, 0.717) is 4.60 Å². The number of aromatic nitrogens is 4. The van der Waals surface area contributed by atoms with Gasteiger partial charge in [-0.15, -0.1) is 5.10 Å². The van der Waals surface area contributed by atoms with Crippen LogP contribution in [0.5, 0.6) is 0 Å². The lowest BCUT2D eigenvalue weighted by atomic mass is 9.66. The summed E-state index contributed by atoms with van der Waals surface area (Å²) in [6, 6.07) is 5.63. The van der Waals surface area contributed by atoms with Crippen molar-refractivity contribution in [1.82, 2.24) is 20.2 Å². The van der Waals surface area contributed by atoms with Crippen molar-refractivity contribution in [3.05, 3.63) is 69.8 Å². The number of rotatable bonds is 2. The fourth-order valence-corrected chi connectivity index (χ4v) is 5.61. The van der Waals surface area contributed by atoms with Crippen LogP contribution in [-0.4, -0.2) is 20.2 Å². The number of hydrogen-bond donors (Lipinski definition) is 0. The molecule has 1 saturated carbocycles. The molecule has 142 valence electrons. The van der Waals surface area contributed by atoms with Gasteiger partial charge in [0, 0.05) is 6.20 Å². The minimum atomic E-state index is -0.635. The average molecular weight is 443 g/mol. The van der Waals surface area contributed by atoms with Crippen molar-refractivity contribution in [3.63, 3.8) is 0 Å². The highest BCUT2D eigenvalue weighted by molar-refractivity contribution is 9.10. The Morgan fingerprint density at radius 1 is 1.11 bits per heavy atom. The zero-order valence-electron chi connectivity index (χ0n) is 15.4. The highest BCUT2D eigenvalue weighted by Gasteiger charge is 2.65. The summed E-state index contributed by atoms with van der Waals surface area (Å²) in [6.45, 7) is 4.41. The van der Waals surface area contributed by atoms with E-state index in [0.717, 1.165) is 29.8 Å². The van der Waals surface area contributed by atoms with Crippen LogP contribution >= 0.6 is 15.9 Å². The molecule has 0 N–H and O–H groups in total. The molecule has 2 heterocycles. The molecule has 5 rings (SSSR count). The van der Waals surface area contributed by atoms with Crippen LogP contribution in [0.15, 0.2) is 41.3 Å². The van der Waals surface area contributed by atoms with E-state index < -0.39 is 17.0 Å². The normalized spacial score (nSPS) is 24.4. The van der Waals surface area contributed by atoms with E-state index in [1.165, 1.54) is 18.2 Å². The second kappa shape index (κ2) is 5.86. The SMILES string of the molecule is CC1(C)[C@H]2CCC1(c1cncc(Br)n1)c1nnc(-c3c(F)cccc3F)cc12. The van der Waals surface area contributed by atoms with Crippen molar-refractivity contribution in [1.29, 1.82) is 0 Å². The van der Waals surface area contributed by atoms with Gasteiger partial charge in [0.25, 0.3) is 0 Å². The van der Waals surface area contributed by atoms with Gasteiger partial charge in [-0.1, -0.05) is 19.9 Å². The average Bonchev–Trinajstić information content (AvgIpc) is 3.03. The first-order chi connectivity index (χ1) is 13.4. The number of fused-ring (bicyclic) bond motifs is 5. The van der Waals surface area contributed by atoms with Gasteiger partial charge < -0.3 is 0 Å². The molecule has 3 aromatic rings. The van der Waals surface area contributed by atoms with Crippen LogP contribution in [0.2, 0.25) is 0 Å². The van der Waals surface area contributed by atoms with E-state index in [4.69, 9.17) is 4.98 Å². The van der Waals surface area contributed by atoms with Crippen LogP contribution in [0.25, 0.3) is 11.3 Å². The Bertz CT molecular complexity index is 1100. The van der Waals surface area contributed by atoms with Gasteiger partial charge in [0.15, 0.2) is 0 Å². The summed E-state index contributed by atoms with van der Waals surface area (Å²) in [5.74, 6) is -1.05. The fourth-order valence-electron chi connectivity index (χ4n) is 5.30. The van der Waals surface area contributed by atoms with E-state index in [-0.39, 0.29) is 22.6 Å². The summed E-state index contributed by atoms with van der Waals surface area (Å²) >= 11 is 3.42. The third-order valence-corrected chi connectivity index (χ3v) is 7.03. The number of nitrogens with zero attached hydrogens (tertiary/aromatic N) is 4. The van der Waals surface area contributed by atoms with Gasteiger partial charge in [0.1, 0.15) is 16.2 Å². The lowest BCUT2D eigenvalue weighted by Gasteiger charge is -2.37. The molecule has 1 unspecified atom stereocenters. The van der Waals surface area contributed by atoms with Gasteiger partial charge in [0.05, 0.1) is 34.3 Å². The molecule has 0 aliphatic heterocycles. The lowest BCUT2D eigenvalue weighted by Crippen LogP contribution is -2.38. The molecule has 0 spiro atoms. The zero-order chi connectivity index (χ0) is 19.7. The minimum Gasteiger partial charge on any atom is -0.260 e. The van der Waals surface area contributed by atoms with Crippen LogP contribution in [0.4, 0.5) is 8.78 Å². The van der Waals surface area contributed by atoms with Crippen LogP contribution < -0.4 is 0 Å². The number of halogens is 3. The Morgan fingerprint density at radius 3 is 2.57 bits per heavy atom. The molecule has 2 aromatic heterocycles. The molecule has 0 radical (unpaired) electrons. The van der Waals surface area contributed by atoms with E-state index in [9.17, 15) is 8.78 Å². The Labute approximate surface area is 169 Å². The molecule has 2 aliphatic carbocycles. The van der Waals surface area contributed by atoms with Crippen LogP contribution in [0.1, 0.15) is 49.6 Å². The smallest absolute Gasteiger partial charge is 0.135 e. The summed E-state index contributed by atoms with van der Waals surface area (Å²) in [6.07, 6.45) is 5.30. The fraction of sp³-hybridized carbons (Fsp3) is 0.333. The van der Waals surface area contributed by atoms with Gasteiger partial charge in [0.2, 0.25) is 0 Å². The standard InChI is InChI=1S/C21H17BrF2N4/c1-20(2)12-6-7-21(20,16-9-25-10-17(22)26-16)19-11(12)8-15(27-28-19)18-13(23)4-3-5-14(18)24/h3-5,8-10,12H,6-7H2,1-2H3/t12-,21?/m0/s1. The van der Waals surface area contributed by atoms with Gasteiger partial charge in [-0.05, 0) is 63.9 Å². The molecule has 2 atom stereocenters. The van der Waals surface area contributed by atoms with E-state index in [1.54, 1.807) is 12.4 Å². The van der Waals surface area contributed by atoms with Gasteiger partial charge in [-0.2, -0.15) is 5.10 Å². The first kappa shape index (κ1) is 17.8. The van der Waals surface area contributed by atoms with Gasteiger partial charge in [-0.25, -0.2) is 13.8 Å². The summed E-state index contributed by atoms with van der Waals surface area (Å²) in [4.78, 5) is 9.00. The number of hydrogen-bond acceptors (Lipinski definition) is 4. The predicted molar refractivity (Wildman–Crippen MR) is 104 cm³/mol. The summed E-state index contributed by atoms with van der Waals surface area (Å²) < 4.78 is 29.2. The Morgan fingerprint density at radius 2 is 1.86 bits per heavy atom. The van der Waals surface area contributed by atoms with Crippen molar-refractivity contribution < 1.29 is 8.78 Å². The van der Waals surface area contributed by atoms with Crippen molar-refractivity contribution in [2.45, 2.75) is 38.0 Å². The van der Waals surface area contributed by atoms with Crippen molar-refractivity contribution in [2.24, 2.45) is 5.41 Å². The van der Waals surface area contributed by atoms with E-state index >= 15 is 0 Å². The maximum Gasteiger partial charge on any atom is 0.135 e. The van der Waals surface area contributed by atoms with Crippen molar-refractivity contribution in [3.8, 4) is 11.3 Å². The third-order valence-electron chi connectivity index (χ3n) is 6.64. The predicted octanol–water partition coefficient (Wildman–Crippen LogP) is 5.18. The highest BCUT2D eigenvalue weighted by atomic mass is 79.9. The molecular formula is C21H17BrF2N4. The monoisotopic (exact) mass is 442 g/mol. The number of benzene rings is 1. The molecule has 1 aromatic carbocycles. The Kier molecular flexibility index (Phi) is 3.72. The summed E-state index contributed by atoms with van der Waals surface area (Å²) in [7, 11) is 0. The maximum atomic E-state index is 14.3. The Balaban J connectivity index is 1.74. The topological polar surface area (TPSA) is 51.6 Å². The minimum absolute atomic E-state index is 0.130. The molecule has 4 nitrogen and oxygen atoms in total. The van der Waals surface area contributed by atoms with Crippen LogP contribution in [0.3, 0.4) is 0 Å². The first-order valence-electron chi connectivity index (χ1n) is 9.17. The highest BCUT2D eigenvalue weighted by Crippen LogP contribution is 2.69. The molecule has 2 bridgehead atoms. The lowest BCUT2D eigenvalue weighted by molar-refractivity contribution is 0.242. The largest absolute Gasteiger partial charge is 0.260 e. The van der Waals surface area contributed by atoms with E-state index in [1.807, 2.05) is 6.07 Å². The molecular weight excluding hydrogens is 426 g/mol. The van der Waals surface area contributed by atoms with Crippen LogP contribution in [0, 0.1) is 17.0 Å². The molecule has 7 heteroatoms. The second-order valence-electron chi connectivity index (χ2n) is 8.08. The zero-order valence-corrected chi connectivity index (χ0v) is 17.0. The molecule has 2 aliphatic rings. The van der Waals surface area contributed by atoms with Gasteiger partial charge >= 0.3 is 0 Å². The second-order valence-corrected chi connectivity index (χ2v) is 8.89. The molecule has 1 fully saturated rings. The molecule has 28 heavy (non-hydrogen) atoms. The van der Waals surface area contributed by atoms with Crippen LogP contribution in [-0.2, 0) is 5.41 Å². The van der Waals surface area contributed by atoms with Gasteiger partial charge in [-0.3, -0.25) is 4.98 Å². The molecule has 0 saturated heterocycles. The third kappa shape index (κ3) is 2.14. The first-order valence-corrected chi connectivity index (χ1v) is 9.96. The van der Waals surface area contributed by atoms with Crippen molar-refractivity contribution in [2.75, 3.05) is 0 Å². The van der Waals surface area contributed by atoms with E-state index in [2.05, 4.69) is 45.0 Å². The summed E-state index contributed by atoms with van der Waals surface area (Å²) in [5, 5.41) is 8.74. The maximum absolute atomic E-state index is 14.3. The Hall–Kier alpha value is -2.28. The molecule has 0 amide bonds. The summed E-state index contributed by atoms with van der Waals surface area (Å²) in [5.41, 5.74) is 2.23.